The number of hydrogen-bond acceptors (Lipinski definition) is 5. The summed E-state index contributed by atoms with van der Waals surface area (Å²) in [5.41, 5.74) is 2.89. The Balaban J connectivity index is 2.19. The Kier molecular flexibility index (Phi) is 5.20. The summed E-state index contributed by atoms with van der Waals surface area (Å²) in [5.74, 6) is -1.40. The van der Waals surface area contributed by atoms with Gasteiger partial charge < -0.3 is 9.47 Å². The molecule has 2 aliphatic rings. The van der Waals surface area contributed by atoms with Gasteiger partial charge in [0.1, 0.15) is 5.92 Å². The van der Waals surface area contributed by atoms with Crippen molar-refractivity contribution in [3.05, 3.63) is 45.6 Å². The van der Waals surface area contributed by atoms with Crippen molar-refractivity contribution in [1.29, 1.82) is 0 Å². The molecule has 3 unspecified atom stereocenters. The Labute approximate surface area is 155 Å². The second-order valence-electron chi connectivity index (χ2n) is 6.30. The summed E-state index contributed by atoms with van der Waals surface area (Å²) in [5, 5.41) is 0. The second-order valence-corrected chi connectivity index (χ2v) is 7.16. The first kappa shape index (κ1) is 18.0. The van der Waals surface area contributed by atoms with Crippen LogP contribution in [-0.2, 0) is 19.1 Å². The predicted octanol–water partition coefficient (Wildman–Crippen LogP) is 3.43. The normalized spacial score (nSPS) is 26.2. The van der Waals surface area contributed by atoms with Gasteiger partial charge in [-0.2, -0.15) is 0 Å². The van der Waals surface area contributed by atoms with Gasteiger partial charge >= 0.3 is 5.97 Å². The topological polar surface area (TPSA) is 65.0 Å². The number of aliphatic imine (C=N–C) groups is 1. The molecular formula is C19H20BrNO4. The van der Waals surface area contributed by atoms with Crippen LogP contribution in [0.15, 0.2) is 45.0 Å². The van der Waals surface area contributed by atoms with Crippen molar-refractivity contribution in [2.45, 2.75) is 31.8 Å². The zero-order valence-electron chi connectivity index (χ0n) is 14.4. The average Bonchev–Trinajstić information content (AvgIpc) is 2.60. The summed E-state index contributed by atoms with van der Waals surface area (Å²) in [6.45, 7) is 1.82. The number of hydrogen-bond donors (Lipinski definition) is 0. The number of ketones is 1. The van der Waals surface area contributed by atoms with E-state index < -0.39 is 11.8 Å². The van der Waals surface area contributed by atoms with Crippen LogP contribution in [0, 0.1) is 5.92 Å². The largest absolute Gasteiger partial charge is 0.468 e. The number of Topliss-reactive ketones (excluding diaryl/α,β-unsaturated/α-hetero) is 1. The fourth-order valence-corrected chi connectivity index (χ4v) is 4.22. The molecule has 0 bridgehead atoms. The van der Waals surface area contributed by atoms with E-state index in [1.807, 2.05) is 31.2 Å². The summed E-state index contributed by atoms with van der Waals surface area (Å²) >= 11 is 3.56. The van der Waals surface area contributed by atoms with E-state index in [1.54, 1.807) is 7.11 Å². The average molecular weight is 406 g/mol. The van der Waals surface area contributed by atoms with Crippen LogP contribution in [0.3, 0.4) is 0 Å². The summed E-state index contributed by atoms with van der Waals surface area (Å²) in [6, 6.07) is 7.66. The van der Waals surface area contributed by atoms with Gasteiger partial charge in [-0.15, -0.1) is 0 Å². The summed E-state index contributed by atoms with van der Waals surface area (Å²) in [4.78, 5) is 30.0. The van der Waals surface area contributed by atoms with Crippen molar-refractivity contribution < 1.29 is 19.1 Å². The van der Waals surface area contributed by atoms with Crippen LogP contribution in [-0.4, -0.2) is 37.8 Å². The first-order chi connectivity index (χ1) is 12.0. The van der Waals surface area contributed by atoms with Crippen molar-refractivity contribution in [3.63, 3.8) is 0 Å². The Hall–Kier alpha value is -1.79. The van der Waals surface area contributed by atoms with Crippen molar-refractivity contribution in [1.82, 2.24) is 0 Å². The zero-order chi connectivity index (χ0) is 18.1. The Morgan fingerprint density at radius 3 is 2.60 bits per heavy atom. The third kappa shape index (κ3) is 3.20. The molecule has 0 aromatic heterocycles. The van der Waals surface area contributed by atoms with Crippen LogP contribution in [0.4, 0.5) is 0 Å². The van der Waals surface area contributed by atoms with E-state index in [0.717, 1.165) is 15.7 Å². The van der Waals surface area contributed by atoms with Gasteiger partial charge in [-0.25, -0.2) is 0 Å². The number of methoxy groups -OCH3 is 2. The van der Waals surface area contributed by atoms with Crippen molar-refractivity contribution >= 4 is 33.4 Å². The third-order valence-corrected chi connectivity index (χ3v) is 5.60. The van der Waals surface area contributed by atoms with E-state index in [-0.39, 0.29) is 17.9 Å². The Bertz CT molecular complexity index is 783. The molecule has 1 heterocycles. The maximum absolute atomic E-state index is 12.9. The second kappa shape index (κ2) is 7.22. The number of allylic oxidation sites excluding steroid dienone is 1. The number of halogens is 1. The minimum absolute atomic E-state index is 0.0148. The molecule has 1 aromatic carbocycles. The van der Waals surface area contributed by atoms with Crippen molar-refractivity contribution in [2.75, 3.05) is 14.2 Å². The van der Waals surface area contributed by atoms with Gasteiger partial charge in [0.15, 0.2) is 5.78 Å². The first-order valence-corrected chi connectivity index (χ1v) is 8.93. The molecule has 132 valence electrons. The molecule has 0 fully saturated rings. The lowest BCUT2D eigenvalue weighted by Crippen LogP contribution is -2.39. The van der Waals surface area contributed by atoms with Gasteiger partial charge in [0, 0.05) is 41.6 Å². The number of rotatable bonds is 3. The highest BCUT2D eigenvalue weighted by atomic mass is 79.9. The lowest BCUT2D eigenvalue weighted by molar-refractivity contribution is -0.143. The lowest BCUT2D eigenvalue weighted by Gasteiger charge is -2.36. The summed E-state index contributed by atoms with van der Waals surface area (Å²) < 4.78 is 11.3. The molecule has 1 aliphatic carbocycles. The Morgan fingerprint density at radius 1 is 1.24 bits per heavy atom. The molecule has 0 saturated carbocycles. The summed E-state index contributed by atoms with van der Waals surface area (Å²) in [6.07, 6.45) is 0.708. The maximum Gasteiger partial charge on any atom is 0.315 e. The van der Waals surface area contributed by atoms with Gasteiger partial charge in [-0.05, 0) is 18.6 Å². The fraction of sp³-hybridized carbons (Fsp3) is 0.421. The van der Waals surface area contributed by atoms with Crippen LogP contribution in [0.5, 0.6) is 0 Å². The molecule has 0 spiro atoms. The molecule has 3 atom stereocenters. The van der Waals surface area contributed by atoms with Crippen LogP contribution >= 0.6 is 15.9 Å². The molecule has 3 rings (SSSR count). The lowest BCUT2D eigenvalue weighted by atomic mass is 9.71. The number of benzene rings is 1. The van der Waals surface area contributed by atoms with Gasteiger partial charge in [-0.3, -0.25) is 14.6 Å². The number of ether oxygens (including phenoxy) is 2. The molecule has 0 N–H and O–H groups in total. The van der Waals surface area contributed by atoms with Crippen molar-refractivity contribution in [3.8, 4) is 0 Å². The molecule has 25 heavy (non-hydrogen) atoms. The van der Waals surface area contributed by atoms with Gasteiger partial charge in [0.25, 0.3) is 0 Å². The van der Waals surface area contributed by atoms with E-state index in [0.29, 0.717) is 24.1 Å². The molecular weight excluding hydrogens is 386 g/mol. The highest BCUT2D eigenvalue weighted by Gasteiger charge is 2.44. The van der Waals surface area contributed by atoms with Crippen LogP contribution in [0.2, 0.25) is 0 Å². The number of esters is 1. The zero-order valence-corrected chi connectivity index (χ0v) is 16.0. The fourth-order valence-electron chi connectivity index (χ4n) is 3.69. The minimum atomic E-state index is -0.606. The first-order valence-electron chi connectivity index (χ1n) is 8.14. The SMILES string of the molecule is COC(=O)C1C(C)=NC2=C(C(=O)CC(OC)C2)C1c1ccccc1Br. The van der Waals surface area contributed by atoms with E-state index in [2.05, 4.69) is 20.9 Å². The van der Waals surface area contributed by atoms with E-state index in [9.17, 15) is 9.59 Å². The molecule has 1 aliphatic heterocycles. The summed E-state index contributed by atoms with van der Waals surface area (Å²) in [7, 11) is 2.96. The van der Waals surface area contributed by atoms with Crippen LogP contribution in [0.1, 0.15) is 31.2 Å². The quantitative estimate of drug-likeness (QED) is 0.722. The van der Waals surface area contributed by atoms with Gasteiger partial charge in [0.05, 0.1) is 18.9 Å². The number of carbonyl (C=O) groups is 2. The maximum atomic E-state index is 12.9. The molecule has 1 aromatic rings. The van der Waals surface area contributed by atoms with E-state index >= 15 is 0 Å². The van der Waals surface area contributed by atoms with Gasteiger partial charge in [-0.1, -0.05) is 34.1 Å². The molecule has 5 nitrogen and oxygen atoms in total. The smallest absolute Gasteiger partial charge is 0.315 e. The van der Waals surface area contributed by atoms with E-state index in [4.69, 9.17) is 9.47 Å². The Morgan fingerprint density at radius 2 is 1.96 bits per heavy atom. The van der Waals surface area contributed by atoms with Gasteiger partial charge in [0.2, 0.25) is 0 Å². The van der Waals surface area contributed by atoms with E-state index in [1.165, 1.54) is 7.11 Å². The van der Waals surface area contributed by atoms with Crippen LogP contribution in [0.25, 0.3) is 0 Å². The molecule has 6 heteroatoms. The third-order valence-electron chi connectivity index (χ3n) is 4.88. The highest BCUT2D eigenvalue weighted by molar-refractivity contribution is 9.10. The number of nitrogens with zero attached hydrogens (tertiary/aromatic N) is 1. The number of carbonyl (C=O) groups excluding carboxylic acids is 2. The highest BCUT2D eigenvalue weighted by Crippen LogP contribution is 2.45. The molecule has 0 amide bonds. The monoisotopic (exact) mass is 405 g/mol. The molecule has 0 radical (unpaired) electrons. The molecule has 0 saturated heterocycles. The van der Waals surface area contributed by atoms with Crippen LogP contribution < -0.4 is 0 Å². The minimum Gasteiger partial charge on any atom is -0.468 e. The standard InChI is InChI=1S/C19H20BrNO4/c1-10-16(19(23)25-3)17(12-6-4-5-7-13(12)20)18-14(21-10)8-11(24-2)9-15(18)22/h4-7,11,16-17H,8-9H2,1-3H3. The predicted molar refractivity (Wildman–Crippen MR) is 97.6 cm³/mol. The van der Waals surface area contributed by atoms with Crippen molar-refractivity contribution in [2.24, 2.45) is 10.9 Å².